The zero-order chi connectivity index (χ0) is 10.0. The lowest BCUT2D eigenvalue weighted by atomic mass is 10.1. The third kappa shape index (κ3) is 2.58. The van der Waals surface area contributed by atoms with Gasteiger partial charge >= 0.3 is 0 Å². The maximum Gasteiger partial charge on any atom is 0.270 e. The van der Waals surface area contributed by atoms with Crippen LogP contribution in [0.15, 0.2) is 18.2 Å². The SMILES string of the molecule is C[C@@H](N)c1cc([N+](=O)[O-])ccc1O.Cl. The number of non-ortho nitro benzene ring substituents is 1. The van der Waals surface area contributed by atoms with E-state index in [-0.39, 0.29) is 23.8 Å². The van der Waals surface area contributed by atoms with E-state index in [0.29, 0.717) is 5.56 Å². The van der Waals surface area contributed by atoms with Crippen LogP contribution in [-0.2, 0) is 0 Å². The van der Waals surface area contributed by atoms with Crippen LogP contribution in [0.25, 0.3) is 0 Å². The number of halogens is 1. The summed E-state index contributed by atoms with van der Waals surface area (Å²) < 4.78 is 0. The molecule has 1 aromatic rings. The smallest absolute Gasteiger partial charge is 0.270 e. The molecule has 3 N–H and O–H groups in total. The molecule has 1 rings (SSSR count). The average molecular weight is 219 g/mol. The van der Waals surface area contributed by atoms with Crippen molar-refractivity contribution in [2.45, 2.75) is 13.0 Å². The summed E-state index contributed by atoms with van der Waals surface area (Å²) in [5.74, 6) is -0.0133. The first-order chi connectivity index (χ1) is 6.02. The summed E-state index contributed by atoms with van der Waals surface area (Å²) in [7, 11) is 0. The number of nitro benzene ring substituents is 1. The van der Waals surface area contributed by atoms with Crippen LogP contribution in [0.1, 0.15) is 18.5 Å². The molecule has 1 atom stereocenters. The molecule has 0 saturated heterocycles. The Labute approximate surface area is 87.1 Å². The largest absolute Gasteiger partial charge is 0.508 e. The highest BCUT2D eigenvalue weighted by molar-refractivity contribution is 5.85. The molecular formula is C8H11ClN2O3. The molecule has 0 amide bonds. The number of phenolic OH excluding ortho intramolecular Hbond substituents is 1. The summed E-state index contributed by atoms with van der Waals surface area (Å²) in [6, 6.07) is 3.37. The Bertz CT molecular complexity index is 341. The lowest BCUT2D eigenvalue weighted by molar-refractivity contribution is -0.385. The lowest BCUT2D eigenvalue weighted by Gasteiger charge is -2.06. The molecular weight excluding hydrogens is 208 g/mol. The fraction of sp³-hybridized carbons (Fsp3) is 0.250. The fourth-order valence-corrected chi connectivity index (χ4v) is 1.02. The van der Waals surface area contributed by atoms with Gasteiger partial charge in [-0.3, -0.25) is 10.1 Å². The van der Waals surface area contributed by atoms with Gasteiger partial charge in [-0.2, -0.15) is 0 Å². The van der Waals surface area contributed by atoms with E-state index < -0.39 is 11.0 Å². The van der Waals surface area contributed by atoms with Crippen molar-refractivity contribution in [1.29, 1.82) is 0 Å². The van der Waals surface area contributed by atoms with Crippen molar-refractivity contribution in [3.05, 3.63) is 33.9 Å². The third-order valence-electron chi connectivity index (χ3n) is 1.71. The topological polar surface area (TPSA) is 89.4 Å². The van der Waals surface area contributed by atoms with Crippen molar-refractivity contribution >= 4 is 18.1 Å². The molecule has 78 valence electrons. The zero-order valence-corrected chi connectivity index (χ0v) is 8.32. The number of nitro groups is 1. The van der Waals surface area contributed by atoms with Crippen LogP contribution >= 0.6 is 12.4 Å². The van der Waals surface area contributed by atoms with Gasteiger partial charge in [0.1, 0.15) is 5.75 Å². The summed E-state index contributed by atoms with van der Waals surface area (Å²) in [6.45, 7) is 1.65. The standard InChI is InChI=1S/C8H10N2O3.ClH/c1-5(9)7-4-6(10(12)13)2-3-8(7)11;/h2-5,11H,9H2,1H3;1H/t5-;/m1./s1. The van der Waals surface area contributed by atoms with Crippen molar-refractivity contribution < 1.29 is 10.0 Å². The molecule has 0 aromatic heterocycles. The monoisotopic (exact) mass is 218 g/mol. The third-order valence-corrected chi connectivity index (χ3v) is 1.71. The minimum absolute atomic E-state index is 0. The number of hydrogen-bond donors (Lipinski definition) is 2. The van der Waals surface area contributed by atoms with Crippen molar-refractivity contribution in [2.75, 3.05) is 0 Å². The molecule has 0 saturated carbocycles. The molecule has 0 aliphatic heterocycles. The molecule has 0 aliphatic carbocycles. The quantitative estimate of drug-likeness (QED) is 0.585. The zero-order valence-electron chi connectivity index (χ0n) is 7.51. The molecule has 0 aliphatic rings. The van der Waals surface area contributed by atoms with Gasteiger partial charge in [0.15, 0.2) is 0 Å². The van der Waals surface area contributed by atoms with E-state index in [0.717, 1.165) is 0 Å². The molecule has 1 aromatic carbocycles. The number of nitrogens with two attached hydrogens (primary N) is 1. The molecule has 14 heavy (non-hydrogen) atoms. The number of rotatable bonds is 2. The first kappa shape index (κ1) is 12.7. The lowest BCUT2D eigenvalue weighted by Crippen LogP contribution is -2.05. The molecule has 0 spiro atoms. The van der Waals surface area contributed by atoms with Crippen LogP contribution in [-0.4, -0.2) is 10.0 Å². The average Bonchev–Trinajstić information content (AvgIpc) is 2.04. The molecule has 0 fully saturated rings. The molecule has 5 nitrogen and oxygen atoms in total. The predicted octanol–water partition coefficient (Wildman–Crippen LogP) is 1.74. The number of phenols is 1. The van der Waals surface area contributed by atoms with E-state index in [1.165, 1.54) is 18.2 Å². The van der Waals surface area contributed by atoms with Crippen LogP contribution in [0.2, 0.25) is 0 Å². The van der Waals surface area contributed by atoms with Crippen LogP contribution in [0.5, 0.6) is 5.75 Å². The second-order valence-corrected chi connectivity index (χ2v) is 2.79. The van der Waals surface area contributed by atoms with Gasteiger partial charge in [0, 0.05) is 23.7 Å². The maximum atomic E-state index is 10.4. The van der Waals surface area contributed by atoms with Crippen molar-refractivity contribution in [3.8, 4) is 5.75 Å². The Morgan fingerprint density at radius 2 is 2.14 bits per heavy atom. The molecule has 0 bridgehead atoms. The Morgan fingerprint density at radius 1 is 1.57 bits per heavy atom. The summed E-state index contributed by atoms with van der Waals surface area (Å²) in [4.78, 5) is 9.85. The van der Waals surface area contributed by atoms with Gasteiger partial charge in [0.25, 0.3) is 5.69 Å². The van der Waals surface area contributed by atoms with Crippen LogP contribution in [0, 0.1) is 10.1 Å². The molecule has 6 heteroatoms. The van der Waals surface area contributed by atoms with Crippen molar-refractivity contribution in [2.24, 2.45) is 5.73 Å². The molecule has 0 unspecified atom stereocenters. The first-order valence-electron chi connectivity index (χ1n) is 3.75. The number of nitrogens with zero attached hydrogens (tertiary/aromatic N) is 1. The van der Waals surface area contributed by atoms with E-state index in [2.05, 4.69) is 0 Å². The van der Waals surface area contributed by atoms with Gasteiger partial charge in [-0.25, -0.2) is 0 Å². The highest BCUT2D eigenvalue weighted by Crippen LogP contribution is 2.26. The minimum Gasteiger partial charge on any atom is -0.508 e. The summed E-state index contributed by atoms with van der Waals surface area (Å²) >= 11 is 0. The number of aromatic hydroxyl groups is 1. The summed E-state index contributed by atoms with van der Waals surface area (Å²) in [5.41, 5.74) is 5.82. The van der Waals surface area contributed by atoms with Gasteiger partial charge in [0.2, 0.25) is 0 Å². The van der Waals surface area contributed by atoms with Gasteiger partial charge in [0.05, 0.1) is 4.92 Å². The van der Waals surface area contributed by atoms with Gasteiger partial charge in [-0.05, 0) is 13.0 Å². The molecule has 0 heterocycles. The number of benzene rings is 1. The Morgan fingerprint density at radius 3 is 2.57 bits per heavy atom. The maximum absolute atomic E-state index is 10.4. The second kappa shape index (κ2) is 4.78. The predicted molar refractivity (Wildman–Crippen MR) is 54.6 cm³/mol. The normalized spacial score (nSPS) is 11.6. The van der Waals surface area contributed by atoms with E-state index in [4.69, 9.17) is 5.73 Å². The number of hydrogen-bond acceptors (Lipinski definition) is 4. The Kier molecular flexibility index (Phi) is 4.33. The van der Waals surface area contributed by atoms with Crippen molar-refractivity contribution in [3.63, 3.8) is 0 Å². The highest BCUT2D eigenvalue weighted by Gasteiger charge is 2.12. The van der Waals surface area contributed by atoms with Gasteiger partial charge in [-0.15, -0.1) is 12.4 Å². The second-order valence-electron chi connectivity index (χ2n) is 2.79. The fourth-order valence-electron chi connectivity index (χ4n) is 1.02. The van der Waals surface area contributed by atoms with E-state index >= 15 is 0 Å². The minimum atomic E-state index is -0.522. The van der Waals surface area contributed by atoms with Crippen LogP contribution < -0.4 is 5.73 Å². The van der Waals surface area contributed by atoms with Crippen molar-refractivity contribution in [1.82, 2.24) is 0 Å². The summed E-state index contributed by atoms with van der Waals surface area (Å²) in [5, 5.41) is 19.7. The Balaban J connectivity index is 0.00000169. The summed E-state index contributed by atoms with van der Waals surface area (Å²) in [6.07, 6.45) is 0. The van der Waals surface area contributed by atoms with E-state index in [1.807, 2.05) is 0 Å². The van der Waals surface area contributed by atoms with Gasteiger partial charge in [-0.1, -0.05) is 0 Å². The first-order valence-corrected chi connectivity index (χ1v) is 3.75. The molecule has 0 radical (unpaired) electrons. The van der Waals surface area contributed by atoms with E-state index in [9.17, 15) is 15.2 Å². The van der Waals surface area contributed by atoms with Crippen LogP contribution in [0.3, 0.4) is 0 Å². The van der Waals surface area contributed by atoms with Crippen LogP contribution in [0.4, 0.5) is 5.69 Å². The Hall–Kier alpha value is -1.33. The van der Waals surface area contributed by atoms with E-state index in [1.54, 1.807) is 6.92 Å². The van der Waals surface area contributed by atoms with Gasteiger partial charge < -0.3 is 10.8 Å². The highest BCUT2D eigenvalue weighted by atomic mass is 35.5.